The Kier molecular flexibility index (Phi) is 3.51. The van der Waals surface area contributed by atoms with Gasteiger partial charge in [0, 0.05) is 6.04 Å². The van der Waals surface area contributed by atoms with E-state index in [2.05, 4.69) is 0 Å². The molecule has 16 heavy (non-hydrogen) atoms. The summed E-state index contributed by atoms with van der Waals surface area (Å²) < 4.78 is 0. The minimum Gasteiger partial charge on any atom is -0.480 e. The van der Waals surface area contributed by atoms with E-state index in [1.807, 2.05) is 13.8 Å². The molecule has 90 valence electrons. The molecule has 2 amide bonds. The highest BCUT2D eigenvalue weighted by molar-refractivity contribution is 5.95. The molecule has 1 aliphatic rings. The summed E-state index contributed by atoms with van der Waals surface area (Å²) in [6.45, 7) is 4.86. The Labute approximate surface area is 93.8 Å². The fourth-order valence-electron chi connectivity index (χ4n) is 1.61. The van der Waals surface area contributed by atoms with Gasteiger partial charge in [-0.25, -0.2) is 4.79 Å². The van der Waals surface area contributed by atoms with Crippen molar-refractivity contribution in [3.8, 4) is 0 Å². The van der Waals surface area contributed by atoms with E-state index in [1.54, 1.807) is 0 Å². The Bertz CT molecular complexity index is 327. The molecular weight excluding hydrogens is 212 g/mol. The van der Waals surface area contributed by atoms with E-state index in [0.29, 0.717) is 0 Å². The molecule has 0 aromatic rings. The van der Waals surface area contributed by atoms with Crippen LogP contribution in [0.1, 0.15) is 20.8 Å². The Morgan fingerprint density at radius 2 is 1.56 bits per heavy atom. The van der Waals surface area contributed by atoms with E-state index < -0.39 is 12.0 Å². The summed E-state index contributed by atoms with van der Waals surface area (Å²) in [6.07, 6.45) is 0. The first-order valence-corrected chi connectivity index (χ1v) is 5.16. The average Bonchev–Trinajstić information content (AvgIpc) is 2.19. The van der Waals surface area contributed by atoms with E-state index in [9.17, 15) is 14.4 Å². The van der Waals surface area contributed by atoms with Crippen molar-refractivity contribution in [1.29, 1.82) is 0 Å². The van der Waals surface area contributed by atoms with Crippen LogP contribution in [0.5, 0.6) is 0 Å². The molecular formula is C10H16N2O4. The minimum atomic E-state index is -1.10. The standard InChI is InChI=1S/C10H16N2O4/c1-6(2)11-4-9(14)12(5-8(11)13)7(3)10(15)16/h6-7H,4-5H2,1-3H3,(H,15,16)/t7-/m0/s1. The number of rotatable bonds is 3. The fraction of sp³-hybridized carbons (Fsp3) is 0.700. The number of carbonyl (C=O) groups is 3. The van der Waals surface area contributed by atoms with Crippen molar-refractivity contribution in [1.82, 2.24) is 9.80 Å². The van der Waals surface area contributed by atoms with Crippen molar-refractivity contribution >= 4 is 17.8 Å². The summed E-state index contributed by atoms with van der Waals surface area (Å²) in [4.78, 5) is 36.6. The Hall–Kier alpha value is -1.59. The number of aliphatic carboxylic acids is 1. The van der Waals surface area contributed by atoms with Gasteiger partial charge in [0.05, 0.1) is 0 Å². The van der Waals surface area contributed by atoms with Crippen LogP contribution in [-0.2, 0) is 14.4 Å². The molecule has 0 saturated carbocycles. The number of nitrogens with zero attached hydrogens (tertiary/aromatic N) is 2. The second-order valence-corrected chi connectivity index (χ2v) is 4.15. The topological polar surface area (TPSA) is 77.9 Å². The van der Waals surface area contributed by atoms with Crippen molar-refractivity contribution in [2.45, 2.75) is 32.9 Å². The number of piperazine rings is 1. The summed E-state index contributed by atoms with van der Waals surface area (Å²) in [7, 11) is 0. The van der Waals surface area contributed by atoms with E-state index >= 15 is 0 Å². The first kappa shape index (κ1) is 12.5. The number of carbonyl (C=O) groups excluding carboxylic acids is 2. The van der Waals surface area contributed by atoms with Gasteiger partial charge in [-0.1, -0.05) is 0 Å². The van der Waals surface area contributed by atoms with Crippen molar-refractivity contribution in [3.63, 3.8) is 0 Å². The number of carboxylic acids is 1. The molecule has 1 atom stereocenters. The number of carboxylic acid groups (broad SMARTS) is 1. The Morgan fingerprint density at radius 1 is 1.12 bits per heavy atom. The molecule has 6 nitrogen and oxygen atoms in total. The lowest BCUT2D eigenvalue weighted by molar-refractivity contribution is -0.159. The van der Waals surface area contributed by atoms with Crippen LogP contribution in [0.2, 0.25) is 0 Å². The van der Waals surface area contributed by atoms with Crippen LogP contribution in [-0.4, -0.2) is 57.9 Å². The monoisotopic (exact) mass is 228 g/mol. The molecule has 1 N–H and O–H groups in total. The first-order valence-electron chi connectivity index (χ1n) is 5.16. The highest BCUT2D eigenvalue weighted by atomic mass is 16.4. The molecule has 0 aromatic carbocycles. The normalized spacial score (nSPS) is 19.2. The van der Waals surface area contributed by atoms with Crippen LogP contribution in [0.15, 0.2) is 0 Å². The Balaban J connectivity index is 2.78. The zero-order valence-electron chi connectivity index (χ0n) is 9.64. The summed E-state index contributed by atoms with van der Waals surface area (Å²) in [6, 6.07) is -0.996. The second-order valence-electron chi connectivity index (χ2n) is 4.15. The average molecular weight is 228 g/mol. The maximum atomic E-state index is 11.7. The summed E-state index contributed by atoms with van der Waals surface area (Å²) in [5.41, 5.74) is 0. The third kappa shape index (κ3) is 2.32. The lowest BCUT2D eigenvalue weighted by Crippen LogP contribution is -2.59. The largest absolute Gasteiger partial charge is 0.480 e. The smallest absolute Gasteiger partial charge is 0.326 e. The maximum absolute atomic E-state index is 11.7. The molecule has 0 radical (unpaired) electrons. The van der Waals surface area contributed by atoms with Crippen LogP contribution in [0.4, 0.5) is 0 Å². The molecule has 1 fully saturated rings. The maximum Gasteiger partial charge on any atom is 0.326 e. The molecule has 0 bridgehead atoms. The summed E-state index contributed by atoms with van der Waals surface area (Å²) >= 11 is 0. The van der Waals surface area contributed by atoms with Gasteiger partial charge >= 0.3 is 5.97 Å². The Morgan fingerprint density at radius 3 is 2.00 bits per heavy atom. The third-order valence-electron chi connectivity index (χ3n) is 2.70. The predicted octanol–water partition coefficient (Wildman–Crippen LogP) is -0.461. The van der Waals surface area contributed by atoms with Gasteiger partial charge in [0.2, 0.25) is 11.8 Å². The highest BCUT2D eigenvalue weighted by Gasteiger charge is 2.35. The van der Waals surface area contributed by atoms with E-state index in [1.165, 1.54) is 11.8 Å². The van der Waals surface area contributed by atoms with Crippen LogP contribution < -0.4 is 0 Å². The summed E-state index contributed by atoms with van der Waals surface area (Å²) in [5, 5.41) is 8.79. The number of amides is 2. The van der Waals surface area contributed by atoms with Gasteiger partial charge in [0.15, 0.2) is 0 Å². The van der Waals surface area contributed by atoms with Gasteiger partial charge < -0.3 is 14.9 Å². The van der Waals surface area contributed by atoms with Crippen LogP contribution in [0.25, 0.3) is 0 Å². The predicted molar refractivity (Wildman–Crippen MR) is 55.7 cm³/mol. The lowest BCUT2D eigenvalue weighted by Gasteiger charge is -2.37. The van der Waals surface area contributed by atoms with Crippen LogP contribution in [0.3, 0.4) is 0 Å². The zero-order valence-corrected chi connectivity index (χ0v) is 9.64. The van der Waals surface area contributed by atoms with Gasteiger partial charge in [-0.15, -0.1) is 0 Å². The van der Waals surface area contributed by atoms with Gasteiger partial charge in [-0.3, -0.25) is 9.59 Å². The fourth-order valence-corrected chi connectivity index (χ4v) is 1.61. The van der Waals surface area contributed by atoms with Crippen molar-refractivity contribution in [2.75, 3.05) is 13.1 Å². The molecule has 6 heteroatoms. The number of hydrogen-bond donors (Lipinski definition) is 1. The van der Waals surface area contributed by atoms with Crippen LogP contribution >= 0.6 is 0 Å². The van der Waals surface area contributed by atoms with Crippen LogP contribution in [0, 0.1) is 0 Å². The quantitative estimate of drug-likeness (QED) is 0.709. The number of hydrogen-bond acceptors (Lipinski definition) is 3. The van der Waals surface area contributed by atoms with Crippen molar-refractivity contribution < 1.29 is 19.5 Å². The van der Waals surface area contributed by atoms with E-state index in [0.717, 1.165) is 4.90 Å². The molecule has 0 unspecified atom stereocenters. The van der Waals surface area contributed by atoms with Gasteiger partial charge in [0.25, 0.3) is 0 Å². The minimum absolute atomic E-state index is 0.0336. The molecule has 0 spiro atoms. The van der Waals surface area contributed by atoms with E-state index in [-0.39, 0.29) is 30.9 Å². The van der Waals surface area contributed by atoms with Gasteiger partial charge in [-0.05, 0) is 20.8 Å². The molecule has 1 aliphatic heterocycles. The van der Waals surface area contributed by atoms with Gasteiger partial charge in [0.1, 0.15) is 19.1 Å². The molecule has 0 aromatic heterocycles. The molecule has 1 heterocycles. The molecule has 0 aliphatic carbocycles. The third-order valence-corrected chi connectivity index (χ3v) is 2.70. The van der Waals surface area contributed by atoms with Crippen molar-refractivity contribution in [2.24, 2.45) is 0 Å². The summed E-state index contributed by atoms with van der Waals surface area (Å²) in [5.74, 6) is -1.62. The highest BCUT2D eigenvalue weighted by Crippen LogP contribution is 2.11. The van der Waals surface area contributed by atoms with Gasteiger partial charge in [-0.2, -0.15) is 0 Å². The molecule has 1 saturated heterocycles. The molecule has 1 rings (SSSR count). The lowest BCUT2D eigenvalue weighted by atomic mass is 10.2. The second kappa shape index (κ2) is 4.51. The zero-order chi connectivity index (χ0) is 12.5. The van der Waals surface area contributed by atoms with E-state index in [4.69, 9.17) is 5.11 Å². The first-order chi connectivity index (χ1) is 7.34. The van der Waals surface area contributed by atoms with Crippen molar-refractivity contribution in [3.05, 3.63) is 0 Å². The SMILES string of the molecule is CC(C)N1CC(=O)N([C@@H](C)C(=O)O)CC1=O.